The van der Waals surface area contributed by atoms with Gasteiger partial charge in [0.25, 0.3) is 11.5 Å². The Morgan fingerprint density at radius 1 is 1.12 bits per heavy atom. The first-order valence-electron chi connectivity index (χ1n) is 7.82. The predicted molar refractivity (Wildman–Crippen MR) is 97.9 cm³/mol. The topological polar surface area (TPSA) is 98.7 Å². The maximum Gasteiger partial charge on any atom is 0.263 e. The van der Waals surface area contributed by atoms with Gasteiger partial charge < -0.3 is 24.7 Å². The smallest absolute Gasteiger partial charge is 0.263 e. The molecule has 0 radical (unpaired) electrons. The van der Waals surface area contributed by atoms with E-state index >= 15 is 0 Å². The number of carbonyl (C=O) groups is 2. The molecule has 0 spiro atoms. The molecule has 0 unspecified atom stereocenters. The molecule has 2 N–H and O–H groups in total. The molecule has 0 saturated heterocycles. The Labute approximate surface area is 150 Å². The highest BCUT2D eigenvalue weighted by Crippen LogP contribution is 2.28. The van der Waals surface area contributed by atoms with E-state index in [-0.39, 0.29) is 23.6 Å². The molecule has 8 heteroatoms. The van der Waals surface area contributed by atoms with Gasteiger partial charge >= 0.3 is 0 Å². The molecule has 2 rings (SSSR count). The molecule has 1 aromatic carbocycles. The minimum atomic E-state index is -0.537. The number of hydrogen-bond acceptors (Lipinski definition) is 5. The third kappa shape index (κ3) is 4.28. The first kappa shape index (κ1) is 19.2. The van der Waals surface area contributed by atoms with Crippen molar-refractivity contribution in [2.24, 2.45) is 7.05 Å². The fourth-order valence-corrected chi connectivity index (χ4v) is 2.30. The zero-order valence-electron chi connectivity index (χ0n) is 15.1. The summed E-state index contributed by atoms with van der Waals surface area (Å²) in [4.78, 5) is 36.4. The average molecular weight is 359 g/mol. The van der Waals surface area contributed by atoms with Crippen molar-refractivity contribution in [3.8, 4) is 5.75 Å². The van der Waals surface area contributed by atoms with Crippen LogP contribution in [0.25, 0.3) is 0 Å². The molecule has 8 nitrogen and oxygen atoms in total. The summed E-state index contributed by atoms with van der Waals surface area (Å²) in [7, 11) is 4.48. The minimum absolute atomic E-state index is 0.0267. The van der Waals surface area contributed by atoms with Gasteiger partial charge in [-0.2, -0.15) is 0 Å². The molecule has 0 saturated carbocycles. The zero-order valence-corrected chi connectivity index (χ0v) is 15.1. The number of hydrogen-bond donors (Lipinski definition) is 2. The molecule has 0 fully saturated rings. The monoisotopic (exact) mass is 359 g/mol. The summed E-state index contributed by atoms with van der Waals surface area (Å²) in [6.45, 7) is 1.67. The highest BCUT2D eigenvalue weighted by molar-refractivity contribution is 6.04. The molecule has 0 aliphatic rings. The number of nitrogens with zero attached hydrogens (tertiary/aromatic N) is 1. The maximum absolute atomic E-state index is 12.4. The minimum Gasteiger partial charge on any atom is -0.495 e. The highest BCUT2D eigenvalue weighted by atomic mass is 16.5. The van der Waals surface area contributed by atoms with Gasteiger partial charge in [-0.25, -0.2) is 0 Å². The fourth-order valence-electron chi connectivity index (χ4n) is 2.30. The van der Waals surface area contributed by atoms with Crippen molar-refractivity contribution in [1.82, 2.24) is 4.57 Å². The standard InChI is InChI=1S/C18H21N3O5/c1-11-5-7-13(18(24)21(11)2)17(23)19-12-6-8-15(26-4)14(9-12)20-16(22)10-25-3/h5-9H,10H2,1-4H3,(H,19,23)(H,20,22). The van der Waals surface area contributed by atoms with Gasteiger partial charge in [0, 0.05) is 25.5 Å². The lowest BCUT2D eigenvalue weighted by Gasteiger charge is -2.13. The van der Waals surface area contributed by atoms with Gasteiger partial charge in [-0.15, -0.1) is 0 Å². The number of rotatable bonds is 6. The Kier molecular flexibility index (Phi) is 6.13. The van der Waals surface area contributed by atoms with Gasteiger partial charge in [-0.1, -0.05) is 0 Å². The van der Waals surface area contributed by atoms with Crippen LogP contribution < -0.4 is 20.9 Å². The number of aryl methyl sites for hydroxylation is 1. The molecule has 138 valence electrons. The summed E-state index contributed by atoms with van der Waals surface area (Å²) in [5.41, 5.74) is 1.18. The van der Waals surface area contributed by atoms with Crippen LogP contribution >= 0.6 is 0 Å². The van der Waals surface area contributed by atoms with Gasteiger partial charge in [-0.3, -0.25) is 14.4 Å². The molecule has 1 heterocycles. The van der Waals surface area contributed by atoms with E-state index in [1.54, 1.807) is 38.2 Å². The van der Waals surface area contributed by atoms with Gasteiger partial charge in [0.1, 0.15) is 17.9 Å². The summed E-state index contributed by atoms with van der Waals surface area (Å²) in [5, 5.41) is 5.29. The number of nitrogens with one attached hydrogen (secondary N) is 2. The SMILES string of the molecule is COCC(=O)Nc1cc(NC(=O)c2ccc(C)n(C)c2=O)ccc1OC. The Hall–Kier alpha value is -3.13. The van der Waals surface area contributed by atoms with E-state index in [4.69, 9.17) is 9.47 Å². The lowest BCUT2D eigenvalue weighted by molar-refractivity contribution is -0.119. The molecule has 2 aromatic rings. The summed E-state index contributed by atoms with van der Waals surface area (Å²) in [5.74, 6) is -0.467. The number of aromatic nitrogens is 1. The van der Waals surface area contributed by atoms with Crippen LogP contribution in [0.5, 0.6) is 5.75 Å². The lowest BCUT2D eigenvalue weighted by Crippen LogP contribution is -2.28. The molecular formula is C18H21N3O5. The Bertz CT molecular complexity index is 889. The summed E-state index contributed by atoms with van der Waals surface area (Å²) in [6, 6.07) is 7.94. The van der Waals surface area contributed by atoms with Crippen molar-refractivity contribution in [3.05, 3.63) is 51.9 Å². The molecular weight excluding hydrogens is 338 g/mol. The van der Waals surface area contributed by atoms with Crippen molar-refractivity contribution in [2.75, 3.05) is 31.5 Å². The van der Waals surface area contributed by atoms with Crippen LogP contribution in [0.3, 0.4) is 0 Å². The number of methoxy groups -OCH3 is 2. The summed E-state index contributed by atoms with van der Waals surface area (Å²) in [6.07, 6.45) is 0. The zero-order chi connectivity index (χ0) is 19.3. The van der Waals surface area contributed by atoms with Gasteiger partial charge in [-0.05, 0) is 37.3 Å². The van der Waals surface area contributed by atoms with Gasteiger partial charge in [0.15, 0.2) is 0 Å². The van der Waals surface area contributed by atoms with Crippen LogP contribution in [-0.4, -0.2) is 37.2 Å². The first-order chi connectivity index (χ1) is 12.4. The van der Waals surface area contributed by atoms with Crippen molar-refractivity contribution in [2.45, 2.75) is 6.92 Å². The number of amides is 2. The van der Waals surface area contributed by atoms with Crippen molar-refractivity contribution < 1.29 is 19.1 Å². The third-order valence-electron chi connectivity index (χ3n) is 3.81. The average Bonchev–Trinajstić information content (AvgIpc) is 2.60. The van der Waals surface area contributed by atoms with Crippen LogP contribution in [0.15, 0.2) is 35.1 Å². The second-order valence-electron chi connectivity index (χ2n) is 5.60. The number of pyridine rings is 1. The van der Waals surface area contributed by atoms with E-state index in [2.05, 4.69) is 10.6 Å². The molecule has 0 atom stereocenters. The Balaban J connectivity index is 2.26. The largest absolute Gasteiger partial charge is 0.495 e. The molecule has 0 aliphatic carbocycles. The quantitative estimate of drug-likeness (QED) is 0.815. The second kappa shape index (κ2) is 8.30. The van der Waals surface area contributed by atoms with Gasteiger partial charge in [0.05, 0.1) is 12.8 Å². The number of anilines is 2. The first-order valence-corrected chi connectivity index (χ1v) is 7.82. The van der Waals surface area contributed by atoms with E-state index in [1.807, 2.05) is 0 Å². The van der Waals surface area contributed by atoms with Crippen molar-refractivity contribution in [3.63, 3.8) is 0 Å². The van der Waals surface area contributed by atoms with E-state index in [0.29, 0.717) is 17.1 Å². The summed E-state index contributed by atoms with van der Waals surface area (Å²) >= 11 is 0. The Morgan fingerprint density at radius 2 is 1.85 bits per heavy atom. The maximum atomic E-state index is 12.4. The lowest BCUT2D eigenvalue weighted by atomic mass is 10.2. The van der Waals surface area contributed by atoms with Crippen LogP contribution in [0.4, 0.5) is 11.4 Å². The second-order valence-corrected chi connectivity index (χ2v) is 5.60. The fraction of sp³-hybridized carbons (Fsp3) is 0.278. The van der Waals surface area contributed by atoms with E-state index in [1.165, 1.54) is 24.9 Å². The molecule has 1 aromatic heterocycles. The summed E-state index contributed by atoms with van der Waals surface area (Å²) < 4.78 is 11.4. The molecule has 26 heavy (non-hydrogen) atoms. The van der Waals surface area contributed by atoms with Gasteiger partial charge in [0.2, 0.25) is 5.91 Å². The molecule has 2 amide bonds. The number of benzene rings is 1. The Morgan fingerprint density at radius 3 is 2.50 bits per heavy atom. The van der Waals surface area contributed by atoms with Crippen LogP contribution in [0.2, 0.25) is 0 Å². The van der Waals surface area contributed by atoms with E-state index < -0.39 is 5.91 Å². The third-order valence-corrected chi connectivity index (χ3v) is 3.81. The van der Waals surface area contributed by atoms with E-state index in [9.17, 15) is 14.4 Å². The highest BCUT2D eigenvalue weighted by Gasteiger charge is 2.14. The van der Waals surface area contributed by atoms with Crippen LogP contribution in [0.1, 0.15) is 16.1 Å². The number of ether oxygens (including phenoxy) is 2. The van der Waals surface area contributed by atoms with Crippen LogP contribution in [0, 0.1) is 6.92 Å². The molecule has 0 aliphatic heterocycles. The van der Waals surface area contributed by atoms with Crippen molar-refractivity contribution >= 4 is 23.2 Å². The van der Waals surface area contributed by atoms with Crippen LogP contribution in [-0.2, 0) is 16.6 Å². The predicted octanol–water partition coefficient (Wildman–Crippen LogP) is 1.54. The molecule has 0 bridgehead atoms. The normalized spacial score (nSPS) is 10.3. The van der Waals surface area contributed by atoms with E-state index in [0.717, 1.165) is 5.69 Å². The number of carbonyl (C=O) groups excluding carboxylic acids is 2. The van der Waals surface area contributed by atoms with Crippen molar-refractivity contribution in [1.29, 1.82) is 0 Å².